The van der Waals surface area contributed by atoms with Crippen LogP contribution in [0.15, 0.2) is 36.5 Å². The summed E-state index contributed by atoms with van der Waals surface area (Å²) < 4.78 is 0. The molecule has 0 radical (unpaired) electrons. The maximum atomic E-state index is 13.0. The first-order chi connectivity index (χ1) is 12.0. The van der Waals surface area contributed by atoms with Gasteiger partial charge in [0.25, 0.3) is 0 Å². The molecule has 3 nitrogen and oxygen atoms in total. The highest BCUT2D eigenvalue weighted by Crippen LogP contribution is 2.37. The predicted octanol–water partition coefficient (Wildman–Crippen LogP) is 3.55. The van der Waals surface area contributed by atoms with E-state index in [0.29, 0.717) is 12.8 Å². The van der Waals surface area contributed by atoms with Crippen LogP contribution in [0.5, 0.6) is 0 Å². The van der Waals surface area contributed by atoms with Crippen LogP contribution < -0.4 is 0 Å². The van der Waals surface area contributed by atoms with Crippen LogP contribution in [0.2, 0.25) is 0 Å². The second kappa shape index (κ2) is 7.03. The summed E-state index contributed by atoms with van der Waals surface area (Å²) in [4.78, 5) is 29.9. The van der Waals surface area contributed by atoms with Crippen LogP contribution in [0.1, 0.15) is 47.2 Å². The molecule has 0 spiro atoms. The smallest absolute Gasteiger partial charge is 0.151 e. The summed E-state index contributed by atoms with van der Waals surface area (Å²) in [6, 6.07) is 9.58. The largest absolute Gasteiger partial charge is 0.298 e. The van der Waals surface area contributed by atoms with Gasteiger partial charge in [-0.1, -0.05) is 12.0 Å². The van der Waals surface area contributed by atoms with Crippen molar-refractivity contribution in [3.63, 3.8) is 0 Å². The molecule has 1 aromatic carbocycles. The number of carbonyl (C=O) groups excluding carboxylic acids is 2. The quantitative estimate of drug-likeness (QED) is 0.638. The van der Waals surface area contributed by atoms with Crippen LogP contribution in [-0.4, -0.2) is 16.6 Å². The van der Waals surface area contributed by atoms with Crippen LogP contribution in [0.4, 0.5) is 0 Å². The molecule has 3 rings (SSSR count). The zero-order valence-corrected chi connectivity index (χ0v) is 14.8. The van der Waals surface area contributed by atoms with Crippen LogP contribution >= 0.6 is 0 Å². The van der Waals surface area contributed by atoms with E-state index in [-0.39, 0.29) is 17.5 Å². The first kappa shape index (κ1) is 17.1. The normalized spacial score (nSPS) is 19.6. The van der Waals surface area contributed by atoms with E-state index in [4.69, 9.17) is 0 Å². The van der Waals surface area contributed by atoms with Crippen molar-refractivity contribution in [3.05, 3.63) is 64.5 Å². The van der Waals surface area contributed by atoms with Crippen LogP contribution in [0.3, 0.4) is 0 Å². The Hall–Kier alpha value is -2.73. The van der Waals surface area contributed by atoms with Gasteiger partial charge < -0.3 is 0 Å². The number of carbonyl (C=O) groups is 2. The first-order valence-corrected chi connectivity index (χ1v) is 8.51. The first-order valence-electron chi connectivity index (χ1n) is 8.51. The van der Waals surface area contributed by atoms with Crippen molar-refractivity contribution < 1.29 is 9.59 Å². The fraction of sp³-hybridized carbons (Fsp3) is 0.318. The van der Waals surface area contributed by atoms with E-state index in [1.165, 1.54) is 0 Å². The number of rotatable bonds is 3. The van der Waals surface area contributed by atoms with Crippen LogP contribution in [0.25, 0.3) is 0 Å². The lowest BCUT2D eigenvalue weighted by Crippen LogP contribution is -2.19. The number of aryl methyl sites for hydroxylation is 2. The van der Waals surface area contributed by atoms with Crippen molar-refractivity contribution in [1.29, 1.82) is 0 Å². The third-order valence-corrected chi connectivity index (χ3v) is 4.79. The van der Waals surface area contributed by atoms with Gasteiger partial charge in [-0.05, 0) is 68.1 Å². The number of nitrogens with zero attached hydrogens (tertiary/aromatic N) is 1. The zero-order chi connectivity index (χ0) is 18.0. The number of pyridine rings is 1. The molecule has 0 aliphatic heterocycles. The molecule has 1 fully saturated rings. The van der Waals surface area contributed by atoms with Crippen LogP contribution in [0, 0.1) is 31.6 Å². The van der Waals surface area contributed by atoms with E-state index < -0.39 is 5.92 Å². The number of hydrogen-bond donors (Lipinski definition) is 0. The minimum absolute atomic E-state index is 0.0199. The molecule has 1 aliphatic rings. The Morgan fingerprint density at radius 2 is 1.88 bits per heavy atom. The lowest BCUT2D eigenvalue weighted by molar-refractivity contribution is -0.124. The second-order valence-electron chi connectivity index (χ2n) is 6.63. The fourth-order valence-electron chi connectivity index (χ4n) is 3.75. The van der Waals surface area contributed by atoms with E-state index in [9.17, 15) is 9.59 Å². The van der Waals surface area contributed by atoms with Gasteiger partial charge in [0.15, 0.2) is 5.78 Å². The summed E-state index contributed by atoms with van der Waals surface area (Å²) >= 11 is 0. The Bertz CT molecular complexity index is 864. The van der Waals surface area contributed by atoms with E-state index >= 15 is 0 Å². The van der Waals surface area contributed by atoms with Crippen molar-refractivity contribution in [1.82, 2.24) is 4.98 Å². The van der Waals surface area contributed by atoms with Gasteiger partial charge in [0, 0.05) is 29.8 Å². The van der Waals surface area contributed by atoms with E-state index in [0.717, 1.165) is 27.9 Å². The zero-order valence-electron chi connectivity index (χ0n) is 14.8. The minimum atomic E-state index is -0.641. The van der Waals surface area contributed by atoms with Gasteiger partial charge in [-0.25, -0.2) is 0 Å². The maximum Gasteiger partial charge on any atom is 0.151 e. The van der Waals surface area contributed by atoms with Crippen molar-refractivity contribution in [2.75, 3.05) is 0 Å². The summed E-state index contributed by atoms with van der Waals surface area (Å²) in [7, 11) is 0. The molecule has 0 N–H and O–H groups in total. The van der Waals surface area contributed by atoms with E-state index in [2.05, 4.69) is 16.8 Å². The summed E-state index contributed by atoms with van der Waals surface area (Å²) in [5, 5.41) is 0. The number of aromatic nitrogens is 1. The van der Waals surface area contributed by atoms with Gasteiger partial charge >= 0.3 is 0 Å². The topological polar surface area (TPSA) is 47.0 Å². The highest BCUT2D eigenvalue weighted by Gasteiger charge is 2.43. The molecule has 1 unspecified atom stereocenters. The second-order valence-corrected chi connectivity index (χ2v) is 6.63. The molecule has 1 heterocycles. The van der Waals surface area contributed by atoms with Crippen molar-refractivity contribution in [2.24, 2.45) is 5.92 Å². The molecule has 0 bridgehead atoms. The number of hydrogen-bond acceptors (Lipinski definition) is 3. The Balaban J connectivity index is 1.91. The summed E-state index contributed by atoms with van der Waals surface area (Å²) in [5.41, 5.74) is 4.56. The Labute approximate surface area is 148 Å². The van der Waals surface area contributed by atoms with Gasteiger partial charge in [0.05, 0.1) is 0 Å². The Kier molecular flexibility index (Phi) is 4.81. The fourth-order valence-corrected chi connectivity index (χ4v) is 3.75. The van der Waals surface area contributed by atoms with Crippen LogP contribution in [-0.2, 0) is 16.0 Å². The Morgan fingerprint density at radius 1 is 1.16 bits per heavy atom. The average Bonchev–Trinajstić information content (AvgIpc) is 2.83. The highest BCUT2D eigenvalue weighted by atomic mass is 16.2. The standard InChI is InChI=1S/C22H21NO2/c1-4-7-16-10-14(2)20(15(3)11-16)21-19(24)13-17(22(21)25)12-18-8-5-6-9-23-18/h5-6,8-11,17,21H,12-13H2,1-3H3/t17-,21?/m0/s1. The summed E-state index contributed by atoms with van der Waals surface area (Å²) in [5.74, 6) is 5.06. The molecule has 1 aliphatic carbocycles. The monoisotopic (exact) mass is 331 g/mol. The average molecular weight is 331 g/mol. The summed E-state index contributed by atoms with van der Waals surface area (Å²) in [6.45, 7) is 5.70. The maximum absolute atomic E-state index is 13.0. The third-order valence-electron chi connectivity index (χ3n) is 4.79. The number of ketones is 2. The van der Waals surface area contributed by atoms with Crippen molar-refractivity contribution >= 4 is 11.6 Å². The van der Waals surface area contributed by atoms with Gasteiger partial charge in [-0.2, -0.15) is 0 Å². The lowest BCUT2D eigenvalue weighted by Gasteiger charge is -2.16. The molecule has 0 amide bonds. The molecule has 1 aromatic heterocycles. The summed E-state index contributed by atoms with van der Waals surface area (Å²) in [6.07, 6.45) is 2.55. The highest BCUT2D eigenvalue weighted by molar-refractivity contribution is 6.15. The van der Waals surface area contributed by atoms with Gasteiger partial charge in [0.2, 0.25) is 0 Å². The molecule has 2 atom stereocenters. The molecule has 1 saturated carbocycles. The van der Waals surface area contributed by atoms with E-state index in [1.807, 2.05) is 44.2 Å². The van der Waals surface area contributed by atoms with Crippen molar-refractivity contribution in [2.45, 2.75) is 39.5 Å². The molecule has 25 heavy (non-hydrogen) atoms. The lowest BCUT2D eigenvalue weighted by atomic mass is 9.86. The minimum Gasteiger partial charge on any atom is -0.298 e. The van der Waals surface area contributed by atoms with Gasteiger partial charge in [-0.15, -0.1) is 5.92 Å². The number of benzene rings is 1. The Morgan fingerprint density at radius 3 is 2.48 bits per heavy atom. The SMILES string of the molecule is CC#Cc1cc(C)c(C2C(=O)C[C@H](Cc3ccccn3)C2=O)c(C)c1. The van der Waals surface area contributed by atoms with Crippen molar-refractivity contribution in [3.8, 4) is 11.8 Å². The molecule has 3 heteroatoms. The van der Waals surface area contributed by atoms with E-state index in [1.54, 1.807) is 13.1 Å². The van der Waals surface area contributed by atoms with Gasteiger partial charge in [0.1, 0.15) is 11.7 Å². The molecule has 0 saturated heterocycles. The van der Waals surface area contributed by atoms with Gasteiger partial charge in [-0.3, -0.25) is 14.6 Å². The number of Topliss-reactive ketones (excluding diaryl/α,β-unsaturated/α-hetero) is 2. The molecular formula is C22H21NO2. The molecule has 126 valence electrons. The molecule has 2 aromatic rings. The predicted molar refractivity (Wildman–Crippen MR) is 97.3 cm³/mol. The third kappa shape index (κ3) is 3.39. The molecular weight excluding hydrogens is 310 g/mol.